The van der Waals surface area contributed by atoms with Crippen LogP contribution in [0.15, 0.2) is 48.6 Å². The van der Waals surface area contributed by atoms with Gasteiger partial charge in [-0.15, -0.1) is 6.58 Å². The van der Waals surface area contributed by atoms with Crippen LogP contribution in [0.1, 0.15) is 51.9 Å². The molecule has 1 rings (SSSR count). The quantitative estimate of drug-likeness (QED) is 0.552. The van der Waals surface area contributed by atoms with Gasteiger partial charge in [-0.05, 0) is 68.9 Å². The fraction of sp³-hybridized carbons (Fsp3) is 0.529. The van der Waals surface area contributed by atoms with E-state index in [0.717, 1.165) is 12.8 Å². The maximum absolute atomic E-state index is 4.26. The average molecular weight is 230 g/mol. The zero-order valence-corrected chi connectivity index (χ0v) is 11.3. The first-order chi connectivity index (χ1) is 8.11. The molecular formula is C17H26. The maximum atomic E-state index is 4.26. The van der Waals surface area contributed by atoms with E-state index in [9.17, 15) is 0 Å². The molecule has 1 atom stereocenters. The highest BCUT2D eigenvalue weighted by molar-refractivity contribution is 5.30. The van der Waals surface area contributed by atoms with Crippen molar-refractivity contribution in [1.82, 2.24) is 0 Å². The lowest BCUT2D eigenvalue weighted by Crippen LogP contribution is -2.05. The summed E-state index contributed by atoms with van der Waals surface area (Å²) in [6.07, 6.45) is 12.9. The lowest BCUT2D eigenvalue weighted by atomic mass is 9.85. The predicted octanol–water partition coefficient (Wildman–Crippen LogP) is 5.59. The number of rotatable bonds is 4. The standard InChI is InChI=1S/C17H26/c1-14(2)10-9-13-17-12-8-6-5-7-11-15(3)16(17)4/h5,7,17H,1,3-4,6,8-13H2,2H3. The van der Waals surface area contributed by atoms with Crippen LogP contribution in [0.4, 0.5) is 0 Å². The first-order valence-electron chi connectivity index (χ1n) is 6.77. The van der Waals surface area contributed by atoms with Crippen molar-refractivity contribution in [1.29, 1.82) is 0 Å². The van der Waals surface area contributed by atoms with Gasteiger partial charge in [0.15, 0.2) is 0 Å². The fourth-order valence-electron chi connectivity index (χ4n) is 2.39. The van der Waals surface area contributed by atoms with Gasteiger partial charge in [0.05, 0.1) is 0 Å². The Labute approximate surface area is 107 Å². The summed E-state index contributed by atoms with van der Waals surface area (Å²) in [5.74, 6) is 0.641. The lowest BCUT2D eigenvalue weighted by molar-refractivity contribution is 0.489. The topological polar surface area (TPSA) is 0 Å². The third kappa shape index (κ3) is 5.21. The van der Waals surface area contributed by atoms with Gasteiger partial charge in [0.1, 0.15) is 0 Å². The van der Waals surface area contributed by atoms with Crippen LogP contribution in [0.2, 0.25) is 0 Å². The van der Waals surface area contributed by atoms with Crippen molar-refractivity contribution in [3.63, 3.8) is 0 Å². The molecular weight excluding hydrogens is 204 g/mol. The molecule has 1 aliphatic carbocycles. The van der Waals surface area contributed by atoms with Crippen LogP contribution in [-0.4, -0.2) is 0 Å². The number of hydrogen-bond acceptors (Lipinski definition) is 0. The number of allylic oxidation sites excluding steroid dienone is 5. The zero-order chi connectivity index (χ0) is 12.7. The van der Waals surface area contributed by atoms with Gasteiger partial charge in [-0.2, -0.15) is 0 Å². The fourth-order valence-corrected chi connectivity index (χ4v) is 2.39. The van der Waals surface area contributed by atoms with E-state index in [2.05, 4.69) is 38.8 Å². The van der Waals surface area contributed by atoms with E-state index < -0.39 is 0 Å². The largest absolute Gasteiger partial charge is 0.100 e. The van der Waals surface area contributed by atoms with Gasteiger partial charge in [-0.25, -0.2) is 0 Å². The highest BCUT2D eigenvalue weighted by atomic mass is 14.2. The second-order valence-electron chi connectivity index (χ2n) is 5.28. The number of hydrogen-bond donors (Lipinski definition) is 0. The van der Waals surface area contributed by atoms with E-state index in [4.69, 9.17) is 0 Å². The van der Waals surface area contributed by atoms with Gasteiger partial charge in [0.2, 0.25) is 0 Å². The Hall–Kier alpha value is -1.04. The molecule has 94 valence electrons. The van der Waals surface area contributed by atoms with E-state index in [1.807, 2.05) is 0 Å². The molecule has 0 N–H and O–H groups in total. The van der Waals surface area contributed by atoms with Gasteiger partial charge < -0.3 is 0 Å². The Bertz CT molecular complexity index is 317. The van der Waals surface area contributed by atoms with Crippen LogP contribution in [0.3, 0.4) is 0 Å². The van der Waals surface area contributed by atoms with E-state index in [1.54, 1.807) is 0 Å². The van der Waals surface area contributed by atoms with Crippen LogP contribution in [-0.2, 0) is 0 Å². The van der Waals surface area contributed by atoms with Crippen molar-refractivity contribution < 1.29 is 0 Å². The highest BCUT2D eigenvalue weighted by Crippen LogP contribution is 2.30. The van der Waals surface area contributed by atoms with Gasteiger partial charge >= 0.3 is 0 Å². The van der Waals surface area contributed by atoms with Crippen LogP contribution >= 0.6 is 0 Å². The normalized spacial score (nSPS) is 21.8. The minimum absolute atomic E-state index is 0.641. The molecule has 0 radical (unpaired) electrons. The molecule has 0 bridgehead atoms. The molecule has 0 spiro atoms. The molecule has 1 unspecified atom stereocenters. The Morgan fingerprint density at radius 2 is 2.12 bits per heavy atom. The Kier molecular flexibility index (Phi) is 6.04. The van der Waals surface area contributed by atoms with E-state index in [-0.39, 0.29) is 0 Å². The molecule has 0 amide bonds. The second kappa shape index (κ2) is 7.32. The van der Waals surface area contributed by atoms with Crippen LogP contribution in [0.25, 0.3) is 0 Å². The summed E-state index contributed by atoms with van der Waals surface area (Å²) in [5.41, 5.74) is 3.81. The molecule has 0 nitrogen and oxygen atoms in total. The molecule has 0 saturated heterocycles. The summed E-state index contributed by atoms with van der Waals surface area (Å²) >= 11 is 0. The summed E-state index contributed by atoms with van der Waals surface area (Å²) in [7, 11) is 0. The molecule has 0 aromatic carbocycles. The van der Waals surface area contributed by atoms with Gasteiger partial charge in [-0.1, -0.05) is 30.9 Å². The first-order valence-corrected chi connectivity index (χ1v) is 6.77. The average Bonchev–Trinajstić information content (AvgIpc) is 2.35. The summed E-state index contributed by atoms with van der Waals surface area (Å²) in [4.78, 5) is 0. The molecule has 17 heavy (non-hydrogen) atoms. The summed E-state index contributed by atoms with van der Waals surface area (Å²) in [6.45, 7) is 14.5. The van der Waals surface area contributed by atoms with Crippen molar-refractivity contribution in [2.45, 2.75) is 51.9 Å². The summed E-state index contributed by atoms with van der Waals surface area (Å²) < 4.78 is 0. The second-order valence-corrected chi connectivity index (χ2v) is 5.28. The molecule has 0 fully saturated rings. The van der Waals surface area contributed by atoms with Gasteiger partial charge in [0, 0.05) is 0 Å². The van der Waals surface area contributed by atoms with Crippen LogP contribution in [0.5, 0.6) is 0 Å². The molecule has 0 aliphatic heterocycles. The predicted molar refractivity (Wildman–Crippen MR) is 78.0 cm³/mol. The molecule has 0 heteroatoms. The summed E-state index contributed by atoms with van der Waals surface area (Å²) in [5, 5.41) is 0. The smallest absolute Gasteiger partial charge is 0.0101 e. The van der Waals surface area contributed by atoms with Crippen molar-refractivity contribution in [3.8, 4) is 0 Å². The monoisotopic (exact) mass is 230 g/mol. The molecule has 0 saturated carbocycles. The first kappa shape index (κ1) is 14.0. The summed E-state index contributed by atoms with van der Waals surface area (Å²) in [6, 6.07) is 0. The van der Waals surface area contributed by atoms with E-state index >= 15 is 0 Å². The van der Waals surface area contributed by atoms with Crippen LogP contribution in [0, 0.1) is 5.92 Å². The van der Waals surface area contributed by atoms with Gasteiger partial charge in [-0.3, -0.25) is 0 Å². The van der Waals surface area contributed by atoms with Crippen molar-refractivity contribution in [2.24, 2.45) is 5.92 Å². The SMILES string of the molecule is C=C(C)CCCC1CCCC=CCC(=C)C1=C. The van der Waals surface area contributed by atoms with E-state index in [0.29, 0.717) is 5.92 Å². The Morgan fingerprint density at radius 3 is 2.82 bits per heavy atom. The van der Waals surface area contributed by atoms with Crippen molar-refractivity contribution in [2.75, 3.05) is 0 Å². The molecule has 0 heterocycles. The van der Waals surface area contributed by atoms with Crippen molar-refractivity contribution in [3.05, 3.63) is 48.6 Å². The van der Waals surface area contributed by atoms with Crippen molar-refractivity contribution >= 4 is 0 Å². The Balaban J connectivity index is 2.51. The molecule has 1 aliphatic rings. The zero-order valence-electron chi connectivity index (χ0n) is 11.3. The third-order valence-electron chi connectivity index (χ3n) is 3.56. The minimum Gasteiger partial charge on any atom is -0.100 e. The molecule has 0 aromatic rings. The Morgan fingerprint density at radius 1 is 1.35 bits per heavy atom. The molecule has 0 aromatic heterocycles. The highest BCUT2D eigenvalue weighted by Gasteiger charge is 2.14. The van der Waals surface area contributed by atoms with Crippen LogP contribution < -0.4 is 0 Å². The lowest BCUT2D eigenvalue weighted by Gasteiger charge is -2.20. The van der Waals surface area contributed by atoms with E-state index in [1.165, 1.54) is 48.8 Å². The van der Waals surface area contributed by atoms with Gasteiger partial charge in [0.25, 0.3) is 0 Å². The third-order valence-corrected chi connectivity index (χ3v) is 3.56. The maximum Gasteiger partial charge on any atom is -0.0101 e. The minimum atomic E-state index is 0.641.